The first-order chi connectivity index (χ1) is 18.3. The minimum atomic E-state index is -0.836. The van der Waals surface area contributed by atoms with Crippen molar-refractivity contribution in [3.05, 3.63) is 71.6 Å². The van der Waals surface area contributed by atoms with Crippen molar-refractivity contribution in [1.82, 2.24) is 14.5 Å². The van der Waals surface area contributed by atoms with Crippen molar-refractivity contribution in [2.75, 3.05) is 32.1 Å². The highest BCUT2D eigenvalue weighted by Crippen LogP contribution is 2.30. The lowest BCUT2D eigenvalue weighted by Crippen LogP contribution is -2.40. The largest absolute Gasteiger partial charge is 0.380 e. The van der Waals surface area contributed by atoms with Crippen LogP contribution in [0.25, 0.3) is 6.08 Å². The number of thiazole rings is 1. The molecule has 0 radical (unpaired) electrons. The number of nitrogens with zero attached hydrogens (tertiary/aromatic N) is 4. The van der Waals surface area contributed by atoms with E-state index in [1.165, 1.54) is 29.2 Å². The van der Waals surface area contributed by atoms with Gasteiger partial charge in [-0.1, -0.05) is 31.4 Å². The topological polar surface area (TPSA) is 106 Å². The Morgan fingerprint density at radius 3 is 2.61 bits per heavy atom. The number of ether oxygens (including phenoxy) is 1. The molecule has 2 aromatic rings. The summed E-state index contributed by atoms with van der Waals surface area (Å²) in [5.74, 6) is -1.35. The number of methoxy groups -OCH3 is 1. The number of carbonyl (C=O) groups is 3. The molecule has 0 bridgehead atoms. The van der Waals surface area contributed by atoms with Crippen LogP contribution in [-0.4, -0.2) is 65.6 Å². The van der Waals surface area contributed by atoms with Crippen LogP contribution in [0.5, 0.6) is 0 Å². The van der Waals surface area contributed by atoms with Crippen molar-refractivity contribution in [3.8, 4) is 0 Å². The third kappa shape index (κ3) is 6.90. The molecule has 3 rings (SSSR count). The average Bonchev–Trinajstić information content (AvgIpc) is 3.54. The number of Topliss-reactive ketones (excluding diaryl/α,β-unsaturated/α-hetero) is 1. The second-order valence-electron chi connectivity index (χ2n) is 8.89. The van der Waals surface area contributed by atoms with Gasteiger partial charge in [-0.25, -0.2) is 4.98 Å². The number of anilines is 1. The Labute approximate surface area is 226 Å². The van der Waals surface area contributed by atoms with Gasteiger partial charge in [-0.05, 0) is 43.5 Å². The van der Waals surface area contributed by atoms with Crippen LogP contribution in [0.2, 0.25) is 0 Å². The number of amides is 2. The summed E-state index contributed by atoms with van der Waals surface area (Å²) >= 11 is 1.20. The first-order valence-corrected chi connectivity index (χ1v) is 13.0. The normalized spacial score (nSPS) is 14.7. The number of aryl methyl sites for hydroxylation is 1. The van der Waals surface area contributed by atoms with E-state index in [4.69, 9.17) is 4.74 Å². The van der Waals surface area contributed by atoms with E-state index in [2.05, 4.69) is 35.2 Å². The number of allylic oxidation sites excluding steroid dienone is 4. The van der Waals surface area contributed by atoms with Gasteiger partial charge in [0.2, 0.25) is 0 Å². The Balaban J connectivity index is 1.84. The van der Waals surface area contributed by atoms with Crippen molar-refractivity contribution in [2.45, 2.75) is 19.3 Å². The molecule has 38 heavy (non-hydrogen) atoms. The lowest BCUT2D eigenvalue weighted by Gasteiger charge is -2.33. The molecular weight excluding hydrogens is 502 g/mol. The van der Waals surface area contributed by atoms with Crippen LogP contribution >= 0.6 is 11.3 Å². The number of hydrogen-bond acceptors (Lipinski definition) is 7. The van der Waals surface area contributed by atoms with E-state index in [1.54, 1.807) is 35.7 Å². The minimum Gasteiger partial charge on any atom is -0.380 e. The molecule has 0 unspecified atom stereocenters. The van der Waals surface area contributed by atoms with Crippen molar-refractivity contribution < 1.29 is 19.1 Å². The zero-order valence-corrected chi connectivity index (χ0v) is 22.6. The van der Waals surface area contributed by atoms with Crippen LogP contribution in [0.3, 0.4) is 0 Å². The smallest absolute Gasteiger partial charge is 0.300 e. The van der Waals surface area contributed by atoms with E-state index in [0.29, 0.717) is 41.0 Å². The van der Waals surface area contributed by atoms with Crippen LogP contribution in [-0.2, 0) is 21.4 Å². The average molecular weight is 536 g/mol. The molecule has 0 aliphatic carbocycles. The zero-order valence-electron chi connectivity index (χ0n) is 21.8. The number of carbonyl (C=O) groups excluding carboxylic acids is 3. The second-order valence-corrected chi connectivity index (χ2v) is 9.78. The van der Waals surface area contributed by atoms with E-state index < -0.39 is 11.7 Å². The Hall–Kier alpha value is -3.89. The zero-order chi connectivity index (χ0) is 27.7. The minimum absolute atomic E-state index is 0.0336. The van der Waals surface area contributed by atoms with Crippen molar-refractivity contribution >= 4 is 52.5 Å². The molecule has 1 aliphatic rings. The molecule has 1 N–H and O–H groups in total. The predicted molar refractivity (Wildman–Crippen MR) is 152 cm³/mol. The van der Waals surface area contributed by atoms with Crippen LogP contribution in [0, 0.1) is 5.92 Å². The van der Waals surface area contributed by atoms with Crippen LogP contribution in [0.4, 0.5) is 10.8 Å². The highest BCUT2D eigenvalue weighted by molar-refractivity contribution is 7.13. The van der Waals surface area contributed by atoms with Gasteiger partial charge >= 0.3 is 0 Å². The first kappa shape index (κ1) is 28.7. The first-order valence-electron chi connectivity index (χ1n) is 12.2. The number of hydrogen-bond donors (Lipinski definition) is 1. The van der Waals surface area contributed by atoms with Gasteiger partial charge in [0.25, 0.3) is 17.6 Å². The van der Waals surface area contributed by atoms with E-state index in [1.807, 2.05) is 12.2 Å². The maximum Gasteiger partial charge on any atom is 0.300 e. The van der Waals surface area contributed by atoms with Gasteiger partial charge in [0.15, 0.2) is 5.13 Å². The molecule has 1 aliphatic heterocycles. The molecule has 0 spiro atoms. The summed E-state index contributed by atoms with van der Waals surface area (Å²) in [7, 11) is 3.14. The van der Waals surface area contributed by atoms with Gasteiger partial charge < -0.3 is 14.2 Å². The van der Waals surface area contributed by atoms with Crippen molar-refractivity contribution in [1.29, 1.82) is 0 Å². The SMILES string of the molecule is C=C/C=C(\C=C)CC1CCN(C(=O)/C(=C/c2c(N=C)cn(C)c2C(=O)C(=O)Nc2nccs2)COC)CC1. The van der Waals surface area contributed by atoms with E-state index in [-0.39, 0.29) is 18.2 Å². The molecule has 0 atom stereocenters. The fourth-order valence-corrected chi connectivity index (χ4v) is 4.99. The number of ketones is 1. The molecule has 3 heterocycles. The number of piperidine rings is 1. The van der Waals surface area contributed by atoms with E-state index in [9.17, 15) is 14.4 Å². The maximum atomic E-state index is 13.5. The van der Waals surface area contributed by atoms with Gasteiger partial charge in [-0.15, -0.1) is 11.3 Å². The number of rotatable bonds is 12. The van der Waals surface area contributed by atoms with E-state index >= 15 is 0 Å². The second kappa shape index (κ2) is 13.6. The van der Waals surface area contributed by atoms with Crippen LogP contribution in [0.15, 0.2) is 65.3 Å². The Bertz CT molecular complexity index is 1260. The fraction of sp³-hybridized carbons (Fsp3) is 0.321. The quantitative estimate of drug-likeness (QED) is 0.141. The highest BCUT2D eigenvalue weighted by Gasteiger charge is 2.28. The van der Waals surface area contributed by atoms with E-state index in [0.717, 1.165) is 24.8 Å². The number of aromatic nitrogens is 2. The number of aliphatic imine (C=N–C) groups is 1. The summed E-state index contributed by atoms with van der Waals surface area (Å²) in [6, 6.07) is 0. The summed E-state index contributed by atoms with van der Waals surface area (Å²) < 4.78 is 6.84. The third-order valence-corrected chi connectivity index (χ3v) is 7.05. The summed E-state index contributed by atoms with van der Waals surface area (Å²) in [5.41, 5.74) is 2.29. The fourth-order valence-electron chi connectivity index (χ4n) is 4.47. The van der Waals surface area contributed by atoms with Gasteiger partial charge in [-0.2, -0.15) is 0 Å². The summed E-state index contributed by atoms with van der Waals surface area (Å²) in [4.78, 5) is 49.2. The molecule has 200 valence electrons. The van der Waals surface area contributed by atoms with Crippen LogP contribution < -0.4 is 5.32 Å². The van der Waals surface area contributed by atoms with Crippen LogP contribution in [0.1, 0.15) is 35.3 Å². The summed E-state index contributed by atoms with van der Waals surface area (Å²) in [6.07, 6.45) is 12.9. The molecule has 2 amide bonds. The molecule has 9 nitrogen and oxygen atoms in total. The number of likely N-dealkylation sites (tertiary alicyclic amines) is 1. The molecule has 1 fully saturated rings. The lowest BCUT2D eigenvalue weighted by molar-refractivity contribution is -0.129. The highest BCUT2D eigenvalue weighted by atomic mass is 32.1. The molecule has 0 saturated carbocycles. The summed E-state index contributed by atoms with van der Waals surface area (Å²) in [6.45, 7) is 12.5. The predicted octanol–water partition coefficient (Wildman–Crippen LogP) is 4.59. The summed E-state index contributed by atoms with van der Waals surface area (Å²) in [5, 5.41) is 4.52. The Kier molecular flexibility index (Phi) is 10.3. The van der Waals surface area contributed by atoms with Gasteiger partial charge in [-0.3, -0.25) is 24.7 Å². The Morgan fingerprint density at radius 1 is 1.29 bits per heavy atom. The number of nitrogens with one attached hydrogen (secondary N) is 1. The van der Waals surface area contributed by atoms with Crippen molar-refractivity contribution in [2.24, 2.45) is 18.0 Å². The molecule has 1 saturated heterocycles. The molecule has 10 heteroatoms. The van der Waals surface area contributed by atoms with Crippen molar-refractivity contribution in [3.63, 3.8) is 0 Å². The van der Waals surface area contributed by atoms with Gasteiger partial charge in [0.1, 0.15) is 5.69 Å². The van der Waals surface area contributed by atoms with Gasteiger partial charge in [0.05, 0.1) is 12.3 Å². The maximum absolute atomic E-state index is 13.5. The molecule has 2 aromatic heterocycles. The Morgan fingerprint density at radius 2 is 2.03 bits per heavy atom. The van der Waals surface area contributed by atoms with Gasteiger partial charge in [0, 0.05) is 56.2 Å². The molecular formula is C28H33N5O4S. The lowest BCUT2D eigenvalue weighted by atomic mass is 9.89. The standard InChI is InChI=1S/C28H33N5O4S/c1-6-8-19(7-2)15-20-9-12-33(13-10-20)27(36)21(18-37-5)16-22-23(29-3)17-32(4)24(22)25(34)26(35)31-28-30-11-14-38-28/h6-8,11,14,16-17,20H,1-3,9-10,12-13,15,18H2,4-5H3,(H,30,31,35)/b19-8+,21-16+. The monoisotopic (exact) mass is 535 g/mol. The third-order valence-electron chi connectivity index (χ3n) is 6.36. The molecule has 0 aromatic carbocycles.